The van der Waals surface area contributed by atoms with E-state index in [1.807, 2.05) is 11.8 Å². The normalized spacial score (nSPS) is 39.8. The van der Waals surface area contributed by atoms with E-state index in [0.717, 1.165) is 18.1 Å². The largest absolute Gasteiger partial charge is 0.392 e. The van der Waals surface area contributed by atoms with Crippen LogP contribution in [0.15, 0.2) is 0 Å². The molecule has 1 rings (SSSR count). The Morgan fingerprint density at radius 2 is 2.25 bits per heavy atom. The second kappa shape index (κ2) is 2.74. The van der Waals surface area contributed by atoms with Crippen LogP contribution in [-0.4, -0.2) is 22.7 Å². The summed E-state index contributed by atoms with van der Waals surface area (Å²) in [5, 5.41) is 9.06. The summed E-state index contributed by atoms with van der Waals surface area (Å²) < 4.78 is 0. The molecule has 1 aliphatic rings. The first kappa shape index (κ1) is 6.43. The van der Waals surface area contributed by atoms with E-state index < -0.39 is 0 Å². The van der Waals surface area contributed by atoms with Crippen LogP contribution in [0.3, 0.4) is 0 Å². The minimum atomic E-state index is -0.0243. The number of hydrogen-bond donors (Lipinski definition) is 1. The standard InChI is InChI=1S/C6H12OS/c1-5-2-6(7)4-8-3-5/h5-7H,2-4H2,1H3/t5-,6-/m0/s1. The number of hydrogen-bond acceptors (Lipinski definition) is 2. The van der Waals surface area contributed by atoms with Crippen LogP contribution in [0.2, 0.25) is 0 Å². The molecular weight excluding hydrogens is 120 g/mol. The van der Waals surface area contributed by atoms with E-state index in [1.54, 1.807) is 0 Å². The van der Waals surface area contributed by atoms with Crippen molar-refractivity contribution in [3.8, 4) is 0 Å². The van der Waals surface area contributed by atoms with Crippen molar-refractivity contribution in [2.75, 3.05) is 11.5 Å². The van der Waals surface area contributed by atoms with Gasteiger partial charge in [0.05, 0.1) is 6.10 Å². The molecule has 0 aromatic heterocycles. The summed E-state index contributed by atoms with van der Waals surface area (Å²) in [6.45, 7) is 2.19. The van der Waals surface area contributed by atoms with Gasteiger partial charge < -0.3 is 5.11 Å². The van der Waals surface area contributed by atoms with Gasteiger partial charge in [0.1, 0.15) is 0 Å². The predicted octanol–water partition coefficient (Wildman–Crippen LogP) is 1.12. The summed E-state index contributed by atoms with van der Waals surface area (Å²) in [6.07, 6.45) is 0.983. The van der Waals surface area contributed by atoms with Crippen molar-refractivity contribution >= 4 is 11.8 Å². The van der Waals surface area contributed by atoms with Crippen molar-refractivity contribution < 1.29 is 5.11 Å². The Labute approximate surface area is 54.5 Å². The van der Waals surface area contributed by atoms with Crippen molar-refractivity contribution in [1.29, 1.82) is 0 Å². The number of rotatable bonds is 0. The average molecular weight is 132 g/mol. The minimum absolute atomic E-state index is 0.0243. The first-order chi connectivity index (χ1) is 3.79. The van der Waals surface area contributed by atoms with Gasteiger partial charge in [0.15, 0.2) is 0 Å². The maximum atomic E-state index is 9.06. The van der Waals surface area contributed by atoms with Gasteiger partial charge in [-0.15, -0.1) is 0 Å². The summed E-state index contributed by atoms with van der Waals surface area (Å²) in [4.78, 5) is 0. The lowest BCUT2D eigenvalue weighted by Crippen LogP contribution is -2.21. The van der Waals surface area contributed by atoms with Gasteiger partial charge in [-0.25, -0.2) is 0 Å². The molecule has 0 radical (unpaired) electrons. The van der Waals surface area contributed by atoms with Crippen molar-refractivity contribution in [2.24, 2.45) is 5.92 Å². The van der Waals surface area contributed by atoms with E-state index in [4.69, 9.17) is 5.11 Å². The highest BCUT2D eigenvalue weighted by Gasteiger charge is 2.15. The molecule has 2 atom stereocenters. The summed E-state index contributed by atoms with van der Waals surface area (Å²) in [6, 6.07) is 0. The van der Waals surface area contributed by atoms with Crippen molar-refractivity contribution in [2.45, 2.75) is 19.4 Å². The third-order valence-electron chi connectivity index (χ3n) is 1.39. The van der Waals surface area contributed by atoms with Crippen molar-refractivity contribution in [3.63, 3.8) is 0 Å². The fourth-order valence-corrected chi connectivity index (χ4v) is 2.09. The molecule has 1 nitrogen and oxygen atoms in total. The highest BCUT2D eigenvalue weighted by Crippen LogP contribution is 2.21. The lowest BCUT2D eigenvalue weighted by Gasteiger charge is -2.21. The van der Waals surface area contributed by atoms with Crippen LogP contribution in [0.1, 0.15) is 13.3 Å². The van der Waals surface area contributed by atoms with Gasteiger partial charge in [-0.2, -0.15) is 11.8 Å². The predicted molar refractivity (Wildman–Crippen MR) is 37.1 cm³/mol. The summed E-state index contributed by atoms with van der Waals surface area (Å²) in [5.41, 5.74) is 0. The first-order valence-electron chi connectivity index (χ1n) is 3.05. The molecule has 1 N–H and O–H groups in total. The van der Waals surface area contributed by atoms with Gasteiger partial charge in [0.25, 0.3) is 0 Å². The van der Waals surface area contributed by atoms with Gasteiger partial charge in [0, 0.05) is 5.75 Å². The van der Waals surface area contributed by atoms with E-state index >= 15 is 0 Å². The quantitative estimate of drug-likeness (QED) is 0.533. The van der Waals surface area contributed by atoms with Crippen LogP contribution in [0.5, 0.6) is 0 Å². The van der Waals surface area contributed by atoms with E-state index in [0.29, 0.717) is 0 Å². The Morgan fingerprint density at radius 1 is 1.50 bits per heavy atom. The van der Waals surface area contributed by atoms with Gasteiger partial charge in [0.2, 0.25) is 0 Å². The van der Waals surface area contributed by atoms with E-state index in [9.17, 15) is 0 Å². The fourth-order valence-electron chi connectivity index (χ4n) is 1.01. The van der Waals surface area contributed by atoms with E-state index in [-0.39, 0.29) is 6.10 Å². The molecule has 1 fully saturated rings. The zero-order valence-electron chi connectivity index (χ0n) is 5.13. The van der Waals surface area contributed by atoms with Crippen LogP contribution in [0.4, 0.5) is 0 Å². The smallest absolute Gasteiger partial charge is 0.0633 e. The van der Waals surface area contributed by atoms with Gasteiger partial charge >= 0.3 is 0 Å². The molecular formula is C6H12OS. The van der Waals surface area contributed by atoms with Crippen LogP contribution < -0.4 is 0 Å². The van der Waals surface area contributed by atoms with Crippen molar-refractivity contribution in [1.82, 2.24) is 0 Å². The minimum Gasteiger partial charge on any atom is -0.392 e. The fraction of sp³-hybridized carbons (Fsp3) is 1.00. The van der Waals surface area contributed by atoms with Gasteiger partial charge in [-0.1, -0.05) is 6.92 Å². The molecule has 0 aromatic rings. The van der Waals surface area contributed by atoms with Crippen molar-refractivity contribution in [3.05, 3.63) is 0 Å². The maximum Gasteiger partial charge on any atom is 0.0633 e. The Bertz CT molecular complexity index is 66.9. The molecule has 1 aliphatic heterocycles. The monoisotopic (exact) mass is 132 g/mol. The number of thioether (sulfide) groups is 1. The average Bonchev–Trinajstić information content (AvgIpc) is 1.64. The summed E-state index contributed by atoms with van der Waals surface area (Å²) in [7, 11) is 0. The second-order valence-corrected chi connectivity index (χ2v) is 3.61. The lowest BCUT2D eigenvalue weighted by molar-refractivity contribution is 0.168. The highest BCUT2D eigenvalue weighted by molar-refractivity contribution is 7.99. The molecule has 0 unspecified atom stereocenters. The third kappa shape index (κ3) is 1.67. The van der Waals surface area contributed by atoms with E-state index in [1.165, 1.54) is 5.75 Å². The van der Waals surface area contributed by atoms with Crippen LogP contribution in [0.25, 0.3) is 0 Å². The number of aliphatic hydroxyl groups excluding tert-OH is 1. The molecule has 0 bridgehead atoms. The van der Waals surface area contributed by atoms with Crippen LogP contribution >= 0.6 is 11.8 Å². The number of aliphatic hydroxyl groups is 1. The Morgan fingerprint density at radius 3 is 2.62 bits per heavy atom. The van der Waals surface area contributed by atoms with Gasteiger partial charge in [-0.3, -0.25) is 0 Å². The van der Waals surface area contributed by atoms with Gasteiger partial charge in [-0.05, 0) is 18.1 Å². The molecule has 0 saturated carbocycles. The van der Waals surface area contributed by atoms with Crippen LogP contribution in [0, 0.1) is 5.92 Å². The highest BCUT2D eigenvalue weighted by atomic mass is 32.2. The molecule has 2 heteroatoms. The SMILES string of the molecule is C[C@@H]1CSC[C@@H](O)C1. The maximum absolute atomic E-state index is 9.06. The van der Waals surface area contributed by atoms with E-state index in [2.05, 4.69) is 6.92 Å². The molecule has 8 heavy (non-hydrogen) atoms. The Kier molecular flexibility index (Phi) is 2.20. The molecule has 0 aromatic carbocycles. The zero-order chi connectivity index (χ0) is 5.98. The zero-order valence-corrected chi connectivity index (χ0v) is 5.95. The third-order valence-corrected chi connectivity index (χ3v) is 2.81. The molecule has 1 saturated heterocycles. The molecule has 0 amide bonds. The Balaban J connectivity index is 2.23. The molecule has 0 aliphatic carbocycles. The summed E-state index contributed by atoms with van der Waals surface area (Å²) in [5.74, 6) is 2.91. The van der Waals surface area contributed by atoms with Crippen LogP contribution in [-0.2, 0) is 0 Å². The topological polar surface area (TPSA) is 20.2 Å². The lowest BCUT2D eigenvalue weighted by atomic mass is 10.1. The Hall–Kier alpha value is 0.310. The molecule has 0 spiro atoms. The first-order valence-corrected chi connectivity index (χ1v) is 4.20. The summed E-state index contributed by atoms with van der Waals surface area (Å²) >= 11 is 1.86. The second-order valence-electron chi connectivity index (χ2n) is 2.53. The molecule has 1 heterocycles. The molecule has 48 valence electrons.